The van der Waals surface area contributed by atoms with E-state index in [2.05, 4.69) is 25.8 Å². The van der Waals surface area contributed by atoms with E-state index in [9.17, 15) is 0 Å². The molecule has 16 heavy (non-hydrogen) atoms. The molecule has 2 atom stereocenters. The first-order valence-electron chi connectivity index (χ1n) is 5.41. The second kappa shape index (κ2) is 5.12. The SMILES string of the molecule is CC(N)C1CN(c2ncccc2Br)CCO1. The molecule has 4 nitrogen and oxygen atoms in total. The number of aromatic nitrogens is 1. The Morgan fingerprint density at radius 2 is 2.50 bits per heavy atom. The van der Waals surface area contributed by atoms with Crippen LogP contribution in [0, 0.1) is 0 Å². The first kappa shape index (κ1) is 11.8. The van der Waals surface area contributed by atoms with Crippen LogP contribution in [0.3, 0.4) is 0 Å². The lowest BCUT2D eigenvalue weighted by molar-refractivity contribution is 0.0273. The maximum Gasteiger partial charge on any atom is 0.143 e. The predicted octanol–water partition coefficient (Wildman–Crippen LogP) is 1.40. The van der Waals surface area contributed by atoms with Crippen molar-refractivity contribution in [1.29, 1.82) is 0 Å². The predicted molar refractivity (Wildman–Crippen MR) is 67.5 cm³/mol. The van der Waals surface area contributed by atoms with Crippen LogP contribution in [0.15, 0.2) is 22.8 Å². The van der Waals surface area contributed by atoms with E-state index < -0.39 is 0 Å². The Labute approximate surface area is 104 Å². The fourth-order valence-corrected chi connectivity index (χ4v) is 2.30. The van der Waals surface area contributed by atoms with Crippen LogP contribution < -0.4 is 10.6 Å². The summed E-state index contributed by atoms with van der Waals surface area (Å²) in [6, 6.07) is 3.96. The van der Waals surface area contributed by atoms with Gasteiger partial charge in [0.2, 0.25) is 0 Å². The van der Waals surface area contributed by atoms with Crippen molar-refractivity contribution < 1.29 is 4.74 Å². The lowest BCUT2D eigenvalue weighted by atomic mass is 10.1. The van der Waals surface area contributed by atoms with Gasteiger partial charge in [0.05, 0.1) is 17.2 Å². The molecule has 1 saturated heterocycles. The summed E-state index contributed by atoms with van der Waals surface area (Å²) in [7, 11) is 0. The Hall–Kier alpha value is -0.650. The van der Waals surface area contributed by atoms with Gasteiger partial charge in [-0.15, -0.1) is 0 Å². The third kappa shape index (κ3) is 2.53. The summed E-state index contributed by atoms with van der Waals surface area (Å²) in [5.74, 6) is 0.969. The zero-order valence-electron chi connectivity index (χ0n) is 9.27. The van der Waals surface area contributed by atoms with Crippen LogP contribution in [0.25, 0.3) is 0 Å². The lowest BCUT2D eigenvalue weighted by Gasteiger charge is -2.35. The van der Waals surface area contributed by atoms with Gasteiger partial charge in [-0.3, -0.25) is 0 Å². The van der Waals surface area contributed by atoms with Gasteiger partial charge in [0.1, 0.15) is 5.82 Å². The van der Waals surface area contributed by atoms with Crippen LogP contribution >= 0.6 is 15.9 Å². The van der Waals surface area contributed by atoms with Gasteiger partial charge in [0.15, 0.2) is 0 Å². The number of anilines is 1. The Morgan fingerprint density at radius 3 is 3.19 bits per heavy atom. The summed E-state index contributed by atoms with van der Waals surface area (Å²) in [6.45, 7) is 4.34. The van der Waals surface area contributed by atoms with Gasteiger partial charge in [-0.2, -0.15) is 0 Å². The topological polar surface area (TPSA) is 51.4 Å². The highest BCUT2D eigenvalue weighted by Gasteiger charge is 2.24. The second-order valence-corrected chi connectivity index (χ2v) is 4.88. The van der Waals surface area contributed by atoms with Crippen molar-refractivity contribution in [2.24, 2.45) is 5.73 Å². The number of hydrogen-bond donors (Lipinski definition) is 1. The van der Waals surface area contributed by atoms with E-state index in [4.69, 9.17) is 10.5 Å². The van der Waals surface area contributed by atoms with E-state index in [0.717, 1.165) is 23.4 Å². The number of ether oxygens (including phenoxy) is 1. The second-order valence-electron chi connectivity index (χ2n) is 4.02. The van der Waals surface area contributed by atoms with Crippen molar-refractivity contribution in [2.75, 3.05) is 24.6 Å². The van der Waals surface area contributed by atoms with Crippen molar-refractivity contribution >= 4 is 21.7 Å². The Bertz CT molecular complexity index is 359. The van der Waals surface area contributed by atoms with Crippen LogP contribution in [-0.4, -0.2) is 36.8 Å². The molecule has 1 aromatic heterocycles. The highest BCUT2D eigenvalue weighted by molar-refractivity contribution is 9.10. The molecule has 0 spiro atoms. The molecular weight excluding hydrogens is 270 g/mol. The van der Waals surface area contributed by atoms with Crippen LogP contribution in [0.1, 0.15) is 6.92 Å². The van der Waals surface area contributed by atoms with Crippen molar-refractivity contribution in [2.45, 2.75) is 19.1 Å². The number of nitrogens with two attached hydrogens (primary N) is 1. The van der Waals surface area contributed by atoms with E-state index in [-0.39, 0.29) is 12.1 Å². The highest BCUT2D eigenvalue weighted by Crippen LogP contribution is 2.24. The number of pyridine rings is 1. The molecule has 1 aliphatic rings. The minimum absolute atomic E-state index is 0.0466. The van der Waals surface area contributed by atoms with Crippen LogP contribution in [0.4, 0.5) is 5.82 Å². The Kier molecular flexibility index (Phi) is 3.78. The van der Waals surface area contributed by atoms with Gasteiger partial charge in [-0.05, 0) is 35.0 Å². The molecule has 0 aliphatic carbocycles. The smallest absolute Gasteiger partial charge is 0.143 e. The molecule has 1 fully saturated rings. The van der Waals surface area contributed by atoms with Gasteiger partial charge >= 0.3 is 0 Å². The third-order valence-electron chi connectivity index (χ3n) is 2.72. The summed E-state index contributed by atoms with van der Waals surface area (Å²) in [4.78, 5) is 6.59. The summed E-state index contributed by atoms with van der Waals surface area (Å²) in [5.41, 5.74) is 5.86. The highest BCUT2D eigenvalue weighted by atomic mass is 79.9. The first-order valence-corrected chi connectivity index (χ1v) is 6.20. The summed E-state index contributed by atoms with van der Waals surface area (Å²) < 4.78 is 6.64. The van der Waals surface area contributed by atoms with E-state index in [1.807, 2.05) is 19.1 Å². The molecule has 0 radical (unpaired) electrons. The van der Waals surface area contributed by atoms with E-state index in [0.29, 0.717) is 6.61 Å². The average Bonchev–Trinajstić information content (AvgIpc) is 2.30. The average molecular weight is 286 g/mol. The first-order chi connectivity index (χ1) is 7.68. The molecule has 2 unspecified atom stereocenters. The van der Waals surface area contributed by atoms with Crippen molar-refractivity contribution in [1.82, 2.24) is 4.98 Å². The van der Waals surface area contributed by atoms with Crippen LogP contribution in [-0.2, 0) is 4.74 Å². The molecule has 0 amide bonds. The fourth-order valence-electron chi connectivity index (χ4n) is 1.80. The molecule has 5 heteroatoms. The minimum Gasteiger partial charge on any atom is -0.373 e. The molecular formula is C11H16BrN3O. The molecule has 2 N–H and O–H groups in total. The molecule has 0 saturated carbocycles. The maximum atomic E-state index is 5.86. The fraction of sp³-hybridized carbons (Fsp3) is 0.545. The number of rotatable bonds is 2. The van der Waals surface area contributed by atoms with Crippen LogP contribution in [0.2, 0.25) is 0 Å². The van der Waals surface area contributed by atoms with Crippen molar-refractivity contribution in [3.05, 3.63) is 22.8 Å². The number of nitrogens with zero attached hydrogens (tertiary/aromatic N) is 2. The summed E-state index contributed by atoms with van der Waals surface area (Å²) in [6.07, 6.45) is 1.89. The Morgan fingerprint density at radius 1 is 1.69 bits per heavy atom. The molecule has 0 aromatic carbocycles. The van der Waals surface area contributed by atoms with Crippen LogP contribution in [0.5, 0.6) is 0 Å². The zero-order chi connectivity index (χ0) is 11.5. The largest absolute Gasteiger partial charge is 0.373 e. The summed E-state index contributed by atoms with van der Waals surface area (Å²) >= 11 is 3.51. The standard InChI is InChI=1S/C11H16BrN3O/c1-8(13)10-7-15(5-6-16-10)11-9(12)3-2-4-14-11/h2-4,8,10H,5-7,13H2,1H3. The molecule has 1 aliphatic heterocycles. The lowest BCUT2D eigenvalue weighted by Crippen LogP contribution is -2.50. The zero-order valence-corrected chi connectivity index (χ0v) is 10.9. The third-order valence-corrected chi connectivity index (χ3v) is 3.34. The molecule has 2 heterocycles. The van der Waals surface area contributed by atoms with Crippen molar-refractivity contribution in [3.63, 3.8) is 0 Å². The summed E-state index contributed by atoms with van der Waals surface area (Å²) in [5, 5.41) is 0. The molecule has 1 aromatic rings. The van der Waals surface area contributed by atoms with Gasteiger partial charge < -0.3 is 15.4 Å². The minimum atomic E-state index is 0.0466. The maximum absolute atomic E-state index is 5.86. The quantitative estimate of drug-likeness (QED) is 0.893. The number of morpholine rings is 1. The van der Waals surface area contributed by atoms with E-state index in [1.165, 1.54) is 0 Å². The van der Waals surface area contributed by atoms with Crippen molar-refractivity contribution in [3.8, 4) is 0 Å². The number of halogens is 1. The molecule has 88 valence electrons. The van der Waals surface area contributed by atoms with E-state index in [1.54, 1.807) is 6.20 Å². The van der Waals surface area contributed by atoms with Gasteiger partial charge in [-0.25, -0.2) is 4.98 Å². The van der Waals surface area contributed by atoms with Gasteiger partial charge in [0, 0.05) is 25.3 Å². The normalized spacial score (nSPS) is 23.2. The molecule has 0 bridgehead atoms. The van der Waals surface area contributed by atoms with E-state index >= 15 is 0 Å². The Balaban J connectivity index is 2.13. The number of hydrogen-bond acceptors (Lipinski definition) is 4. The monoisotopic (exact) mass is 285 g/mol. The molecule has 2 rings (SSSR count). The van der Waals surface area contributed by atoms with Gasteiger partial charge in [-0.1, -0.05) is 0 Å². The van der Waals surface area contributed by atoms with Gasteiger partial charge in [0.25, 0.3) is 0 Å².